The molecule has 18 heavy (non-hydrogen) atoms. The molecule has 0 fully saturated rings. The molecule has 0 spiro atoms. The normalized spacial score (nSPS) is 11.9. The van der Waals surface area contributed by atoms with Crippen molar-refractivity contribution in [3.8, 4) is 0 Å². The SMILES string of the molecule is CN(CCC(=O)c1cccc(Br)c1)CC(C)(C)O. The van der Waals surface area contributed by atoms with Gasteiger partial charge < -0.3 is 10.0 Å². The molecule has 0 bridgehead atoms. The van der Waals surface area contributed by atoms with Gasteiger partial charge in [0.15, 0.2) is 5.78 Å². The number of carbonyl (C=O) groups excluding carboxylic acids is 1. The van der Waals surface area contributed by atoms with E-state index in [1.807, 2.05) is 36.2 Å². The van der Waals surface area contributed by atoms with Gasteiger partial charge in [0.1, 0.15) is 0 Å². The molecule has 0 saturated heterocycles. The Morgan fingerprint density at radius 3 is 2.67 bits per heavy atom. The van der Waals surface area contributed by atoms with Crippen LogP contribution >= 0.6 is 15.9 Å². The molecule has 100 valence electrons. The highest BCUT2D eigenvalue weighted by atomic mass is 79.9. The van der Waals surface area contributed by atoms with Gasteiger partial charge in [-0.05, 0) is 33.0 Å². The lowest BCUT2D eigenvalue weighted by Crippen LogP contribution is -2.37. The molecule has 0 unspecified atom stereocenters. The lowest BCUT2D eigenvalue weighted by atomic mass is 10.1. The number of hydrogen-bond donors (Lipinski definition) is 1. The largest absolute Gasteiger partial charge is 0.389 e. The van der Waals surface area contributed by atoms with E-state index in [1.165, 1.54) is 0 Å². The van der Waals surface area contributed by atoms with Gasteiger partial charge in [-0.25, -0.2) is 0 Å². The van der Waals surface area contributed by atoms with Crippen LogP contribution in [-0.4, -0.2) is 41.5 Å². The Hall–Kier alpha value is -0.710. The summed E-state index contributed by atoms with van der Waals surface area (Å²) in [5.74, 6) is 0.124. The van der Waals surface area contributed by atoms with Crippen molar-refractivity contribution in [1.82, 2.24) is 4.90 Å². The molecule has 1 N–H and O–H groups in total. The number of Topliss-reactive ketones (excluding diaryl/α,β-unsaturated/α-hetero) is 1. The standard InChI is InChI=1S/C14H20BrNO2/c1-14(2,18)10-16(3)8-7-13(17)11-5-4-6-12(15)9-11/h4-6,9,18H,7-8,10H2,1-3H3. The van der Waals surface area contributed by atoms with Crippen molar-refractivity contribution >= 4 is 21.7 Å². The van der Waals surface area contributed by atoms with Gasteiger partial charge in [-0.15, -0.1) is 0 Å². The average Bonchev–Trinajstić information content (AvgIpc) is 2.23. The van der Waals surface area contributed by atoms with E-state index >= 15 is 0 Å². The van der Waals surface area contributed by atoms with E-state index < -0.39 is 5.60 Å². The van der Waals surface area contributed by atoms with Crippen LogP contribution in [0.15, 0.2) is 28.7 Å². The molecular weight excluding hydrogens is 294 g/mol. The molecule has 0 amide bonds. The van der Waals surface area contributed by atoms with Crippen LogP contribution < -0.4 is 0 Å². The molecule has 1 rings (SSSR count). The van der Waals surface area contributed by atoms with E-state index in [9.17, 15) is 9.90 Å². The minimum atomic E-state index is -0.729. The van der Waals surface area contributed by atoms with Gasteiger partial charge in [0.05, 0.1) is 5.60 Å². The second-order valence-corrected chi connectivity index (χ2v) is 6.15. The molecule has 4 heteroatoms. The van der Waals surface area contributed by atoms with Gasteiger partial charge in [0, 0.05) is 29.5 Å². The summed E-state index contributed by atoms with van der Waals surface area (Å²) in [4.78, 5) is 13.9. The van der Waals surface area contributed by atoms with Crippen molar-refractivity contribution in [3.05, 3.63) is 34.3 Å². The number of rotatable bonds is 6. The highest BCUT2D eigenvalue weighted by molar-refractivity contribution is 9.10. The maximum Gasteiger partial charge on any atom is 0.164 e. The highest BCUT2D eigenvalue weighted by Crippen LogP contribution is 2.13. The summed E-state index contributed by atoms with van der Waals surface area (Å²) < 4.78 is 0.915. The van der Waals surface area contributed by atoms with E-state index in [1.54, 1.807) is 13.8 Å². The zero-order valence-electron chi connectivity index (χ0n) is 11.1. The van der Waals surface area contributed by atoms with Crippen molar-refractivity contribution in [2.45, 2.75) is 25.9 Å². The summed E-state index contributed by atoms with van der Waals surface area (Å²) in [5, 5.41) is 9.67. The first kappa shape index (κ1) is 15.3. The van der Waals surface area contributed by atoms with E-state index in [0.717, 1.165) is 10.0 Å². The van der Waals surface area contributed by atoms with Gasteiger partial charge in [0.2, 0.25) is 0 Å². The summed E-state index contributed by atoms with van der Waals surface area (Å²) in [5.41, 5.74) is -0.00542. The van der Waals surface area contributed by atoms with Crippen LogP contribution in [0.25, 0.3) is 0 Å². The van der Waals surface area contributed by atoms with Gasteiger partial charge in [-0.3, -0.25) is 4.79 Å². The highest BCUT2D eigenvalue weighted by Gasteiger charge is 2.16. The fourth-order valence-electron chi connectivity index (χ4n) is 1.84. The summed E-state index contributed by atoms with van der Waals surface area (Å²) >= 11 is 3.35. The molecule has 0 saturated carbocycles. The first-order valence-corrected chi connectivity index (χ1v) is 6.77. The average molecular weight is 314 g/mol. The molecule has 1 aromatic rings. The third-order valence-electron chi connectivity index (χ3n) is 2.52. The number of likely N-dealkylation sites (N-methyl/N-ethyl adjacent to an activating group) is 1. The number of aliphatic hydroxyl groups is 1. The molecule has 0 aliphatic heterocycles. The topological polar surface area (TPSA) is 40.5 Å². The van der Waals surface area contributed by atoms with Crippen LogP contribution in [0.2, 0.25) is 0 Å². The number of nitrogens with zero attached hydrogens (tertiary/aromatic N) is 1. The van der Waals surface area contributed by atoms with Gasteiger partial charge in [-0.1, -0.05) is 28.1 Å². The lowest BCUT2D eigenvalue weighted by molar-refractivity contribution is 0.0437. The third-order valence-corrected chi connectivity index (χ3v) is 3.02. The van der Waals surface area contributed by atoms with Crippen LogP contribution in [0.1, 0.15) is 30.6 Å². The molecule has 0 radical (unpaired) electrons. The maximum absolute atomic E-state index is 12.0. The van der Waals surface area contributed by atoms with Crippen molar-refractivity contribution in [1.29, 1.82) is 0 Å². The van der Waals surface area contributed by atoms with Gasteiger partial charge in [0.25, 0.3) is 0 Å². The number of benzene rings is 1. The minimum Gasteiger partial charge on any atom is -0.389 e. The Balaban J connectivity index is 2.47. The Labute approximate surface area is 117 Å². The molecule has 0 aliphatic rings. The van der Waals surface area contributed by atoms with Crippen LogP contribution in [-0.2, 0) is 0 Å². The zero-order valence-corrected chi connectivity index (χ0v) is 12.7. The minimum absolute atomic E-state index is 0.124. The first-order valence-electron chi connectivity index (χ1n) is 5.97. The Bertz CT molecular complexity index is 413. The lowest BCUT2D eigenvalue weighted by Gasteiger charge is -2.25. The number of halogens is 1. The fourth-order valence-corrected chi connectivity index (χ4v) is 2.24. The molecule has 0 heterocycles. The van der Waals surface area contributed by atoms with E-state index in [-0.39, 0.29) is 5.78 Å². The summed E-state index contributed by atoms with van der Waals surface area (Å²) in [7, 11) is 1.91. The predicted molar refractivity (Wildman–Crippen MR) is 76.9 cm³/mol. The summed E-state index contributed by atoms with van der Waals surface area (Å²) in [6.45, 7) is 4.73. The number of carbonyl (C=O) groups is 1. The summed E-state index contributed by atoms with van der Waals surface area (Å²) in [6, 6.07) is 7.41. The van der Waals surface area contributed by atoms with Crippen molar-refractivity contribution in [2.24, 2.45) is 0 Å². The fraction of sp³-hybridized carbons (Fsp3) is 0.500. The van der Waals surface area contributed by atoms with E-state index in [2.05, 4.69) is 15.9 Å². The third kappa shape index (κ3) is 5.76. The van der Waals surface area contributed by atoms with Crippen molar-refractivity contribution in [3.63, 3.8) is 0 Å². The molecule has 0 aromatic heterocycles. The molecule has 0 atom stereocenters. The molecule has 3 nitrogen and oxygen atoms in total. The predicted octanol–water partition coefficient (Wildman–Crippen LogP) is 2.72. The van der Waals surface area contributed by atoms with Crippen LogP contribution in [0, 0.1) is 0 Å². The second kappa shape index (κ2) is 6.45. The monoisotopic (exact) mass is 313 g/mol. The Kier molecular flexibility index (Phi) is 5.50. The van der Waals surface area contributed by atoms with E-state index in [4.69, 9.17) is 0 Å². The van der Waals surface area contributed by atoms with Crippen LogP contribution in [0.3, 0.4) is 0 Å². The smallest absolute Gasteiger partial charge is 0.164 e. The second-order valence-electron chi connectivity index (χ2n) is 5.23. The zero-order chi connectivity index (χ0) is 13.8. The number of ketones is 1. The maximum atomic E-state index is 12.0. The molecular formula is C14H20BrNO2. The van der Waals surface area contributed by atoms with E-state index in [0.29, 0.717) is 19.5 Å². The van der Waals surface area contributed by atoms with Crippen LogP contribution in [0.4, 0.5) is 0 Å². The number of hydrogen-bond acceptors (Lipinski definition) is 3. The van der Waals surface area contributed by atoms with Gasteiger partial charge in [-0.2, -0.15) is 0 Å². The van der Waals surface area contributed by atoms with Crippen molar-refractivity contribution < 1.29 is 9.90 Å². The Morgan fingerprint density at radius 2 is 2.11 bits per heavy atom. The molecule has 1 aromatic carbocycles. The van der Waals surface area contributed by atoms with Crippen LogP contribution in [0.5, 0.6) is 0 Å². The summed E-state index contributed by atoms with van der Waals surface area (Å²) in [6.07, 6.45) is 0.461. The quantitative estimate of drug-likeness (QED) is 0.821. The Morgan fingerprint density at radius 1 is 1.44 bits per heavy atom. The molecule has 0 aliphatic carbocycles. The van der Waals surface area contributed by atoms with Crippen molar-refractivity contribution in [2.75, 3.05) is 20.1 Å². The first-order chi connectivity index (χ1) is 8.28. The van der Waals surface area contributed by atoms with Gasteiger partial charge >= 0.3 is 0 Å².